The van der Waals surface area contributed by atoms with Crippen LogP contribution in [0.1, 0.15) is 47.4 Å². The van der Waals surface area contributed by atoms with Gasteiger partial charge in [-0.25, -0.2) is 13.1 Å². The maximum Gasteiger partial charge on any atom is 0.272 e. The molecule has 1 amide bonds. The van der Waals surface area contributed by atoms with Gasteiger partial charge in [-0.15, -0.1) is 0 Å². The summed E-state index contributed by atoms with van der Waals surface area (Å²) < 4.78 is 25.1. The number of benzene rings is 1. The second-order valence-corrected chi connectivity index (χ2v) is 10.4. The molecule has 1 aliphatic heterocycles. The molecule has 0 bridgehead atoms. The van der Waals surface area contributed by atoms with E-state index in [0.717, 1.165) is 49.0 Å². The predicted molar refractivity (Wildman–Crippen MR) is 109 cm³/mol. The van der Waals surface area contributed by atoms with E-state index in [9.17, 15) is 13.2 Å². The predicted octanol–water partition coefficient (Wildman–Crippen LogP) is 2.96. The highest BCUT2D eigenvalue weighted by atomic mass is 35.5. The monoisotopic (exact) mass is 421 g/mol. The largest absolute Gasteiger partial charge is 0.350 e. The molecule has 1 N–H and O–H groups in total. The number of rotatable bonds is 4. The summed E-state index contributed by atoms with van der Waals surface area (Å²) in [6.07, 6.45) is 5.59. The third-order valence-electron chi connectivity index (χ3n) is 5.59. The van der Waals surface area contributed by atoms with Crippen LogP contribution in [-0.4, -0.2) is 42.2 Å². The highest BCUT2D eigenvalue weighted by Gasteiger charge is 2.29. The number of fused-ring (bicyclic) bond motifs is 1. The second kappa shape index (κ2) is 7.87. The van der Waals surface area contributed by atoms with Crippen molar-refractivity contribution in [2.75, 3.05) is 18.1 Å². The molecule has 0 radical (unpaired) electrons. The Kier molecular flexibility index (Phi) is 5.47. The summed E-state index contributed by atoms with van der Waals surface area (Å²) in [5.41, 5.74) is 3.47. The third kappa shape index (κ3) is 4.10. The lowest BCUT2D eigenvalue weighted by Gasteiger charge is -2.09. The zero-order valence-corrected chi connectivity index (χ0v) is 17.2. The van der Waals surface area contributed by atoms with Gasteiger partial charge in [0.1, 0.15) is 0 Å². The van der Waals surface area contributed by atoms with Crippen LogP contribution in [0.2, 0.25) is 5.02 Å². The summed E-state index contributed by atoms with van der Waals surface area (Å²) in [4.78, 5) is 12.9. The Balaban J connectivity index is 1.59. The zero-order chi connectivity index (χ0) is 19.7. The lowest BCUT2D eigenvalue weighted by atomic mass is 10.1. The van der Waals surface area contributed by atoms with Crippen molar-refractivity contribution >= 4 is 27.3 Å². The van der Waals surface area contributed by atoms with Crippen LogP contribution >= 0.6 is 11.6 Å². The highest BCUT2D eigenvalue weighted by Crippen LogP contribution is 2.27. The summed E-state index contributed by atoms with van der Waals surface area (Å²) in [5.74, 6) is 0.153. The fraction of sp³-hybridized carbons (Fsp3) is 0.500. The summed E-state index contributed by atoms with van der Waals surface area (Å²) in [5, 5.41) is 8.23. The van der Waals surface area contributed by atoms with Crippen molar-refractivity contribution in [3.8, 4) is 5.69 Å². The molecule has 2 heterocycles. The van der Waals surface area contributed by atoms with Crippen molar-refractivity contribution in [1.82, 2.24) is 15.1 Å². The lowest BCUT2D eigenvalue weighted by molar-refractivity contribution is 0.0942. The van der Waals surface area contributed by atoms with E-state index in [4.69, 9.17) is 11.6 Å². The van der Waals surface area contributed by atoms with Crippen molar-refractivity contribution in [3.63, 3.8) is 0 Å². The van der Waals surface area contributed by atoms with Crippen LogP contribution in [-0.2, 0) is 22.7 Å². The highest BCUT2D eigenvalue weighted by molar-refractivity contribution is 7.91. The zero-order valence-electron chi connectivity index (χ0n) is 15.7. The molecule has 1 saturated heterocycles. The SMILES string of the molecule is O=C(NCC1CCS(=O)(=O)C1)c1nn(-c2ccc(Cl)cc2)c2c1CCCCC2. The first-order chi connectivity index (χ1) is 13.4. The normalized spacial score (nSPS) is 21.1. The average Bonchev–Trinajstić information content (AvgIpc) is 3.10. The molecule has 2 aromatic rings. The molecule has 1 atom stereocenters. The fourth-order valence-electron chi connectivity index (χ4n) is 4.11. The summed E-state index contributed by atoms with van der Waals surface area (Å²) >= 11 is 6.01. The number of nitrogens with zero attached hydrogens (tertiary/aromatic N) is 2. The molecule has 2 aliphatic rings. The van der Waals surface area contributed by atoms with Crippen molar-refractivity contribution in [2.45, 2.75) is 38.5 Å². The molecule has 8 heteroatoms. The molecular formula is C20H24ClN3O3S. The number of hydrogen-bond acceptors (Lipinski definition) is 4. The van der Waals surface area contributed by atoms with Crippen molar-refractivity contribution in [2.24, 2.45) is 5.92 Å². The molecule has 150 valence electrons. The van der Waals surface area contributed by atoms with Crippen LogP contribution in [0.4, 0.5) is 0 Å². The van der Waals surface area contributed by atoms with Crippen LogP contribution in [0, 0.1) is 5.92 Å². The Labute approximate surface area is 170 Å². The summed E-state index contributed by atoms with van der Waals surface area (Å²) in [6.45, 7) is 0.376. The smallest absolute Gasteiger partial charge is 0.272 e. The molecule has 1 unspecified atom stereocenters. The number of carbonyl (C=O) groups is 1. The van der Waals surface area contributed by atoms with Crippen molar-refractivity contribution in [1.29, 1.82) is 0 Å². The Bertz CT molecular complexity index is 983. The summed E-state index contributed by atoms with van der Waals surface area (Å²) in [6, 6.07) is 7.46. The molecule has 4 rings (SSSR count). The van der Waals surface area contributed by atoms with E-state index in [0.29, 0.717) is 23.7 Å². The molecule has 1 aromatic carbocycles. The average molecular weight is 422 g/mol. The summed E-state index contributed by atoms with van der Waals surface area (Å²) in [7, 11) is -2.94. The van der Waals surface area contributed by atoms with E-state index in [1.807, 2.05) is 28.9 Å². The van der Waals surface area contributed by atoms with Crippen LogP contribution in [0.3, 0.4) is 0 Å². The van der Waals surface area contributed by atoms with Gasteiger partial charge in [0, 0.05) is 22.8 Å². The van der Waals surface area contributed by atoms with E-state index in [1.165, 1.54) is 0 Å². The molecule has 6 nitrogen and oxygen atoms in total. The lowest BCUT2D eigenvalue weighted by Crippen LogP contribution is -2.30. The number of carbonyl (C=O) groups excluding carboxylic acids is 1. The number of amides is 1. The fourth-order valence-corrected chi connectivity index (χ4v) is 6.10. The van der Waals surface area contributed by atoms with Gasteiger partial charge < -0.3 is 5.32 Å². The third-order valence-corrected chi connectivity index (χ3v) is 7.68. The number of sulfone groups is 1. The van der Waals surface area contributed by atoms with Gasteiger partial charge in [0.05, 0.1) is 17.2 Å². The molecule has 1 fully saturated rings. The van der Waals surface area contributed by atoms with E-state index in [1.54, 1.807) is 0 Å². The Morgan fingerprint density at radius 1 is 1.18 bits per heavy atom. The Morgan fingerprint density at radius 2 is 1.93 bits per heavy atom. The van der Waals surface area contributed by atoms with Gasteiger partial charge in [0.15, 0.2) is 15.5 Å². The van der Waals surface area contributed by atoms with E-state index >= 15 is 0 Å². The number of nitrogens with one attached hydrogen (secondary N) is 1. The first-order valence-electron chi connectivity index (χ1n) is 9.78. The van der Waals surface area contributed by atoms with Gasteiger partial charge in [0.25, 0.3) is 5.91 Å². The maximum absolute atomic E-state index is 12.9. The standard InChI is InChI=1S/C20H24ClN3O3S/c21-15-6-8-16(9-7-15)24-18-5-3-1-2-4-17(18)19(23-24)20(25)22-12-14-10-11-28(26,27)13-14/h6-9,14H,1-5,10-13H2,(H,22,25). The molecule has 0 saturated carbocycles. The van der Waals surface area contributed by atoms with Gasteiger partial charge in [-0.05, 0) is 62.3 Å². The quantitative estimate of drug-likeness (QED) is 0.769. The van der Waals surface area contributed by atoms with Gasteiger partial charge in [-0.1, -0.05) is 18.0 Å². The van der Waals surface area contributed by atoms with Gasteiger partial charge in [0.2, 0.25) is 0 Å². The minimum atomic E-state index is -2.94. The Morgan fingerprint density at radius 3 is 2.64 bits per heavy atom. The molecular weight excluding hydrogens is 398 g/mol. The minimum absolute atomic E-state index is 0.00842. The van der Waals surface area contributed by atoms with E-state index in [-0.39, 0.29) is 23.3 Å². The van der Waals surface area contributed by atoms with Crippen LogP contribution in [0.25, 0.3) is 5.69 Å². The van der Waals surface area contributed by atoms with Gasteiger partial charge in [-0.2, -0.15) is 5.10 Å². The Hall–Kier alpha value is -1.86. The van der Waals surface area contributed by atoms with Gasteiger partial charge in [-0.3, -0.25) is 4.79 Å². The van der Waals surface area contributed by atoms with E-state index < -0.39 is 9.84 Å². The molecule has 1 aromatic heterocycles. The number of aromatic nitrogens is 2. The van der Waals surface area contributed by atoms with Crippen LogP contribution in [0.5, 0.6) is 0 Å². The van der Waals surface area contributed by atoms with Crippen molar-refractivity contribution < 1.29 is 13.2 Å². The maximum atomic E-state index is 12.9. The molecule has 1 aliphatic carbocycles. The molecule has 28 heavy (non-hydrogen) atoms. The first-order valence-corrected chi connectivity index (χ1v) is 12.0. The second-order valence-electron chi connectivity index (χ2n) is 7.70. The van der Waals surface area contributed by atoms with E-state index in [2.05, 4.69) is 10.4 Å². The number of halogens is 1. The first kappa shape index (κ1) is 19.5. The minimum Gasteiger partial charge on any atom is -0.350 e. The van der Waals surface area contributed by atoms with Crippen LogP contribution in [0.15, 0.2) is 24.3 Å². The van der Waals surface area contributed by atoms with Crippen LogP contribution < -0.4 is 5.32 Å². The topological polar surface area (TPSA) is 81.1 Å². The van der Waals surface area contributed by atoms with Gasteiger partial charge >= 0.3 is 0 Å². The van der Waals surface area contributed by atoms with Crippen molar-refractivity contribution in [3.05, 3.63) is 46.2 Å². The molecule has 0 spiro atoms. The number of hydrogen-bond donors (Lipinski definition) is 1.